The van der Waals surface area contributed by atoms with Crippen molar-refractivity contribution in [3.05, 3.63) is 77.5 Å². The SMILES string of the molecule is CCCc1c(C2=CCC(c3ccccc3)(N(C)C)CC2)[nH]c2ccccc12. The van der Waals surface area contributed by atoms with E-state index in [9.17, 15) is 0 Å². The molecular weight excluding hydrogens is 328 g/mol. The second-order valence-electron chi connectivity index (χ2n) is 8.00. The number of hydrogen-bond acceptors (Lipinski definition) is 1. The van der Waals surface area contributed by atoms with Crippen LogP contribution in [0.4, 0.5) is 0 Å². The van der Waals surface area contributed by atoms with E-state index in [1.54, 1.807) is 0 Å². The standard InChI is InChI=1S/C25H30N2/c1-4-10-22-21-13-8-9-14-23(21)26-24(22)19-15-17-25(18-16-19,27(2)3)20-11-6-5-7-12-20/h5-9,11-15,26H,4,10,16-18H2,1-3H3. The van der Waals surface area contributed by atoms with Gasteiger partial charge >= 0.3 is 0 Å². The second kappa shape index (κ2) is 7.36. The first-order valence-corrected chi connectivity index (χ1v) is 10.2. The van der Waals surface area contributed by atoms with Gasteiger partial charge in [0.1, 0.15) is 0 Å². The first kappa shape index (κ1) is 18.1. The van der Waals surface area contributed by atoms with Gasteiger partial charge in [0, 0.05) is 22.1 Å². The van der Waals surface area contributed by atoms with Gasteiger partial charge < -0.3 is 4.98 Å². The van der Waals surface area contributed by atoms with Gasteiger partial charge in [-0.1, -0.05) is 68.0 Å². The highest BCUT2D eigenvalue weighted by molar-refractivity contribution is 5.89. The number of benzene rings is 2. The van der Waals surface area contributed by atoms with Crippen molar-refractivity contribution in [2.75, 3.05) is 14.1 Å². The van der Waals surface area contributed by atoms with Crippen molar-refractivity contribution >= 4 is 16.5 Å². The van der Waals surface area contributed by atoms with Crippen LogP contribution in [0.3, 0.4) is 0 Å². The number of fused-ring (bicyclic) bond motifs is 1. The average molecular weight is 359 g/mol. The molecule has 2 aromatic carbocycles. The van der Waals surface area contributed by atoms with Gasteiger partial charge in [0.2, 0.25) is 0 Å². The minimum absolute atomic E-state index is 0.0989. The van der Waals surface area contributed by atoms with Crippen LogP contribution in [0.25, 0.3) is 16.5 Å². The summed E-state index contributed by atoms with van der Waals surface area (Å²) in [6.07, 6.45) is 8.11. The van der Waals surface area contributed by atoms with Gasteiger partial charge in [-0.05, 0) is 62.5 Å². The average Bonchev–Trinajstić information content (AvgIpc) is 3.07. The molecule has 1 aliphatic carbocycles. The lowest BCUT2D eigenvalue weighted by Crippen LogP contribution is -2.42. The van der Waals surface area contributed by atoms with Crippen LogP contribution < -0.4 is 0 Å². The molecule has 0 amide bonds. The molecular formula is C25H30N2. The fraction of sp³-hybridized carbons (Fsp3) is 0.360. The molecule has 0 bridgehead atoms. The van der Waals surface area contributed by atoms with Crippen LogP contribution >= 0.6 is 0 Å². The molecule has 140 valence electrons. The van der Waals surface area contributed by atoms with Gasteiger partial charge in [-0.25, -0.2) is 0 Å². The van der Waals surface area contributed by atoms with Crippen LogP contribution in [0.15, 0.2) is 60.7 Å². The molecule has 0 saturated carbocycles. The second-order valence-corrected chi connectivity index (χ2v) is 8.00. The molecule has 0 radical (unpaired) electrons. The van der Waals surface area contributed by atoms with E-state index in [-0.39, 0.29) is 5.54 Å². The highest BCUT2D eigenvalue weighted by Gasteiger charge is 2.36. The Labute approximate surface area is 162 Å². The number of aromatic amines is 1. The molecule has 1 aliphatic rings. The zero-order valence-electron chi connectivity index (χ0n) is 16.8. The number of nitrogens with one attached hydrogen (secondary N) is 1. The molecule has 1 atom stereocenters. The van der Waals surface area contributed by atoms with Crippen LogP contribution in [-0.4, -0.2) is 24.0 Å². The van der Waals surface area contributed by atoms with E-state index < -0.39 is 0 Å². The van der Waals surface area contributed by atoms with Crippen molar-refractivity contribution < 1.29 is 0 Å². The van der Waals surface area contributed by atoms with Gasteiger partial charge in [-0.3, -0.25) is 4.90 Å². The van der Waals surface area contributed by atoms with Crippen molar-refractivity contribution in [3.63, 3.8) is 0 Å². The Hall–Kier alpha value is -2.32. The highest BCUT2D eigenvalue weighted by atomic mass is 15.1. The quantitative estimate of drug-likeness (QED) is 0.580. The van der Waals surface area contributed by atoms with Gasteiger partial charge in [-0.15, -0.1) is 0 Å². The largest absolute Gasteiger partial charge is 0.355 e. The first-order chi connectivity index (χ1) is 13.2. The van der Waals surface area contributed by atoms with E-state index in [2.05, 4.69) is 91.6 Å². The van der Waals surface area contributed by atoms with Gasteiger partial charge in [-0.2, -0.15) is 0 Å². The lowest BCUT2D eigenvalue weighted by molar-refractivity contribution is 0.138. The molecule has 2 heteroatoms. The summed E-state index contributed by atoms with van der Waals surface area (Å²) >= 11 is 0. The summed E-state index contributed by atoms with van der Waals surface area (Å²) in [4.78, 5) is 6.14. The Morgan fingerprint density at radius 2 is 1.74 bits per heavy atom. The number of aryl methyl sites for hydroxylation is 1. The highest BCUT2D eigenvalue weighted by Crippen LogP contribution is 2.43. The molecule has 4 rings (SSSR count). The summed E-state index contributed by atoms with van der Waals surface area (Å²) in [5.74, 6) is 0. The molecule has 2 nitrogen and oxygen atoms in total. The van der Waals surface area contributed by atoms with Crippen molar-refractivity contribution in [2.45, 2.75) is 44.6 Å². The van der Waals surface area contributed by atoms with E-state index in [0.717, 1.165) is 25.7 Å². The predicted octanol–water partition coefficient (Wildman–Crippen LogP) is 6.14. The van der Waals surface area contributed by atoms with E-state index in [4.69, 9.17) is 0 Å². The topological polar surface area (TPSA) is 19.0 Å². The van der Waals surface area contributed by atoms with Crippen molar-refractivity contribution in [3.8, 4) is 0 Å². The Bertz CT molecular complexity index is 949. The molecule has 0 spiro atoms. The molecule has 3 aromatic rings. The van der Waals surface area contributed by atoms with Crippen LogP contribution in [0, 0.1) is 0 Å². The van der Waals surface area contributed by atoms with Gasteiger partial charge in [0.05, 0.1) is 0 Å². The van der Waals surface area contributed by atoms with Crippen LogP contribution in [0.1, 0.15) is 49.4 Å². The maximum absolute atomic E-state index is 3.73. The number of allylic oxidation sites excluding steroid dienone is 1. The van der Waals surface area contributed by atoms with E-state index >= 15 is 0 Å². The summed E-state index contributed by atoms with van der Waals surface area (Å²) < 4.78 is 0. The number of nitrogens with zero attached hydrogens (tertiary/aromatic N) is 1. The summed E-state index contributed by atoms with van der Waals surface area (Å²) in [6.45, 7) is 2.27. The maximum atomic E-state index is 3.73. The summed E-state index contributed by atoms with van der Waals surface area (Å²) in [5.41, 5.74) is 7.15. The molecule has 27 heavy (non-hydrogen) atoms. The number of hydrogen-bond donors (Lipinski definition) is 1. The minimum Gasteiger partial charge on any atom is -0.355 e. The molecule has 1 N–H and O–H groups in total. The predicted molar refractivity (Wildman–Crippen MR) is 116 cm³/mol. The number of aromatic nitrogens is 1. The number of para-hydroxylation sites is 1. The third-order valence-electron chi connectivity index (χ3n) is 6.30. The van der Waals surface area contributed by atoms with Gasteiger partial charge in [0.15, 0.2) is 0 Å². The summed E-state index contributed by atoms with van der Waals surface area (Å²) in [6, 6.07) is 19.7. The number of rotatable bonds is 5. The molecule has 0 aliphatic heterocycles. The van der Waals surface area contributed by atoms with Crippen molar-refractivity contribution in [1.29, 1.82) is 0 Å². The van der Waals surface area contributed by atoms with E-state index in [1.165, 1.54) is 39.7 Å². The third kappa shape index (κ3) is 3.12. The first-order valence-electron chi connectivity index (χ1n) is 10.2. The zero-order valence-corrected chi connectivity index (χ0v) is 16.8. The Balaban J connectivity index is 1.74. The van der Waals surface area contributed by atoms with Gasteiger partial charge in [0.25, 0.3) is 0 Å². The van der Waals surface area contributed by atoms with Crippen LogP contribution in [-0.2, 0) is 12.0 Å². The normalized spacial score (nSPS) is 20.2. The van der Waals surface area contributed by atoms with Crippen LogP contribution in [0.5, 0.6) is 0 Å². The summed E-state index contributed by atoms with van der Waals surface area (Å²) in [7, 11) is 4.44. The monoisotopic (exact) mass is 358 g/mol. The fourth-order valence-corrected chi connectivity index (χ4v) is 4.72. The number of H-pyrrole nitrogens is 1. The maximum Gasteiger partial charge on any atom is 0.0492 e. The molecule has 0 saturated heterocycles. The minimum atomic E-state index is 0.0989. The Kier molecular flexibility index (Phi) is 4.92. The molecule has 1 heterocycles. The Morgan fingerprint density at radius 1 is 1.00 bits per heavy atom. The third-order valence-corrected chi connectivity index (χ3v) is 6.30. The van der Waals surface area contributed by atoms with Crippen molar-refractivity contribution in [2.24, 2.45) is 0 Å². The Morgan fingerprint density at radius 3 is 2.41 bits per heavy atom. The lowest BCUT2D eigenvalue weighted by Gasteiger charge is -2.43. The smallest absolute Gasteiger partial charge is 0.0492 e. The molecule has 1 unspecified atom stereocenters. The van der Waals surface area contributed by atoms with E-state index in [0.29, 0.717) is 0 Å². The molecule has 0 fully saturated rings. The zero-order chi connectivity index (χ0) is 18.9. The molecule has 1 aromatic heterocycles. The van der Waals surface area contributed by atoms with Crippen molar-refractivity contribution in [1.82, 2.24) is 9.88 Å². The van der Waals surface area contributed by atoms with E-state index in [1.807, 2.05) is 0 Å². The fourth-order valence-electron chi connectivity index (χ4n) is 4.72. The van der Waals surface area contributed by atoms with Crippen LogP contribution in [0.2, 0.25) is 0 Å². The summed E-state index contributed by atoms with van der Waals surface area (Å²) in [5, 5.41) is 1.39. The lowest BCUT2D eigenvalue weighted by atomic mass is 9.75.